The van der Waals surface area contributed by atoms with E-state index in [4.69, 9.17) is 15.6 Å². The van der Waals surface area contributed by atoms with Gasteiger partial charge < -0.3 is 15.6 Å². The molecule has 1 rings (SSSR count). The molecule has 0 bridgehead atoms. The van der Waals surface area contributed by atoms with Gasteiger partial charge >= 0.3 is 0 Å². The summed E-state index contributed by atoms with van der Waals surface area (Å²) in [6, 6.07) is 7.67. The first kappa shape index (κ1) is 10.0. The molecule has 0 saturated heterocycles. The maximum atomic E-state index is 9.12. The molecule has 0 saturated carbocycles. The van der Waals surface area contributed by atoms with Crippen molar-refractivity contribution < 1.29 is 9.84 Å². The Labute approximate surface area is 78.1 Å². The molecule has 0 fully saturated rings. The molecule has 1 aromatic rings. The highest BCUT2D eigenvalue weighted by molar-refractivity contribution is 5.26. The Bertz CT molecular complexity index is 246. The average molecular weight is 181 g/mol. The molecular weight excluding hydrogens is 166 g/mol. The van der Waals surface area contributed by atoms with Gasteiger partial charge in [-0.15, -0.1) is 0 Å². The molecule has 1 atom stereocenters. The number of aliphatic hydroxyl groups excluding tert-OH is 1. The van der Waals surface area contributed by atoms with Gasteiger partial charge in [-0.3, -0.25) is 0 Å². The van der Waals surface area contributed by atoms with Crippen molar-refractivity contribution in [3.63, 3.8) is 0 Å². The minimum atomic E-state index is -0.582. The zero-order chi connectivity index (χ0) is 9.68. The van der Waals surface area contributed by atoms with Crippen molar-refractivity contribution in [3.8, 4) is 5.75 Å². The maximum absolute atomic E-state index is 9.12. The first-order valence-corrected chi connectivity index (χ1v) is 4.30. The van der Waals surface area contributed by atoms with Gasteiger partial charge in [0.25, 0.3) is 0 Å². The molecule has 0 radical (unpaired) electrons. The van der Waals surface area contributed by atoms with Crippen LogP contribution in [0.15, 0.2) is 24.3 Å². The molecule has 3 heteroatoms. The number of nitrogens with two attached hydrogens (primary N) is 1. The van der Waals surface area contributed by atoms with Crippen LogP contribution in [0.25, 0.3) is 0 Å². The van der Waals surface area contributed by atoms with Crippen molar-refractivity contribution in [2.75, 3.05) is 13.2 Å². The van der Waals surface area contributed by atoms with Crippen LogP contribution in [0.4, 0.5) is 0 Å². The maximum Gasteiger partial charge on any atom is 0.119 e. The van der Waals surface area contributed by atoms with Gasteiger partial charge in [0.05, 0.1) is 0 Å². The van der Waals surface area contributed by atoms with Crippen molar-refractivity contribution in [3.05, 3.63) is 29.8 Å². The molecule has 3 N–H and O–H groups in total. The predicted molar refractivity (Wildman–Crippen MR) is 51.7 cm³/mol. The summed E-state index contributed by atoms with van der Waals surface area (Å²) in [5.41, 5.74) is 6.42. The molecule has 0 aliphatic carbocycles. The summed E-state index contributed by atoms with van der Waals surface area (Å²) >= 11 is 0. The van der Waals surface area contributed by atoms with E-state index in [-0.39, 0.29) is 13.2 Å². The van der Waals surface area contributed by atoms with Gasteiger partial charge in [-0.05, 0) is 19.1 Å². The molecule has 0 aromatic heterocycles. The largest absolute Gasteiger partial charge is 0.491 e. The van der Waals surface area contributed by atoms with E-state index >= 15 is 0 Å². The second-order valence-corrected chi connectivity index (χ2v) is 3.01. The quantitative estimate of drug-likeness (QED) is 0.718. The molecule has 3 nitrogen and oxygen atoms in total. The standard InChI is InChI=1S/C10H15NO2/c1-8-2-4-10(5-3-8)13-7-9(12)6-11/h2-5,9,12H,6-7,11H2,1H3. The van der Waals surface area contributed by atoms with Gasteiger partial charge in [0, 0.05) is 6.54 Å². The lowest BCUT2D eigenvalue weighted by atomic mass is 10.2. The predicted octanol–water partition coefficient (Wildman–Crippen LogP) is 0.693. The van der Waals surface area contributed by atoms with Crippen LogP contribution in [0.5, 0.6) is 5.75 Å². The minimum absolute atomic E-state index is 0.228. The van der Waals surface area contributed by atoms with Gasteiger partial charge in [0.2, 0.25) is 0 Å². The number of rotatable bonds is 4. The Kier molecular flexibility index (Phi) is 3.73. The number of hydrogen-bond donors (Lipinski definition) is 2. The van der Waals surface area contributed by atoms with E-state index in [9.17, 15) is 0 Å². The molecule has 1 unspecified atom stereocenters. The van der Waals surface area contributed by atoms with Crippen LogP contribution in [0.3, 0.4) is 0 Å². The lowest BCUT2D eigenvalue weighted by Crippen LogP contribution is -2.26. The highest BCUT2D eigenvalue weighted by Gasteiger charge is 2.01. The monoisotopic (exact) mass is 181 g/mol. The Morgan fingerprint density at radius 3 is 2.54 bits per heavy atom. The zero-order valence-corrected chi connectivity index (χ0v) is 7.73. The Morgan fingerprint density at radius 1 is 1.38 bits per heavy atom. The number of aliphatic hydroxyl groups is 1. The molecule has 0 spiro atoms. The average Bonchev–Trinajstić information content (AvgIpc) is 2.16. The molecule has 0 aliphatic heterocycles. The van der Waals surface area contributed by atoms with Crippen LogP contribution < -0.4 is 10.5 Å². The Balaban J connectivity index is 2.41. The van der Waals surface area contributed by atoms with Crippen molar-refractivity contribution in [2.45, 2.75) is 13.0 Å². The third-order valence-electron chi connectivity index (χ3n) is 1.74. The van der Waals surface area contributed by atoms with Crippen molar-refractivity contribution in [1.82, 2.24) is 0 Å². The number of hydrogen-bond acceptors (Lipinski definition) is 3. The fraction of sp³-hybridized carbons (Fsp3) is 0.400. The van der Waals surface area contributed by atoms with Crippen LogP contribution in [0.1, 0.15) is 5.56 Å². The Morgan fingerprint density at radius 2 is 2.00 bits per heavy atom. The number of ether oxygens (including phenoxy) is 1. The summed E-state index contributed by atoms with van der Waals surface area (Å²) in [6.07, 6.45) is -0.582. The summed E-state index contributed by atoms with van der Waals surface area (Å²) in [4.78, 5) is 0. The molecule has 0 heterocycles. The van der Waals surface area contributed by atoms with Crippen LogP contribution in [-0.4, -0.2) is 24.4 Å². The lowest BCUT2D eigenvalue weighted by Gasteiger charge is -2.09. The van der Waals surface area contributed by atoms with Crippen LogP contribution in [0, 0.1) is 6.92 Å². The van der Waals surface area contributed by atoms with E-state index in [0.717, 1.165) is 5.75 Å². The van der Waals surface area contributed by atoms with Crippen molar-refractivity contribution >= 4 is 0 Å². The lowest BCUT2D eigenvalue weighted by molar-refractivity contribution is 0.114. The highest BCUT2D eigenvalue weighted by atomic mass is 16.5. The highest BCUT2D eigenvalue weighted by Crippen LogP contribution is 2.11. The summed E-state index contributed by atoms with van der Waals surface area (Å²) in [5.74, 6) is 0.762. The summed E-state index contributed by atoms with van der Waals surface area (Å²) < 4.78 is 5.28. The van der Waals surface area contributed by atoms with Crippen LogP contribution >= 0.6 is 0 Å². The second-order valence-electron chi connectivity index (χ2n) is 3.01. The van der Waals surface area contributed by atoms with E-state index in [2.05, 4.69) is 0 Å². The van der Waals surface area contributed by atoms with Gasteiger partial charge in [-0.1, -0.05) is 17.7 Å². The molecule has 13 heavy (non-hydrogen) atoms. The molecule has 0 aliphatic rings. The van der Waals surface area contributed by atoms with E-state index in [1.165, 1.54) is 5.56 Å². The van der Waals surface area contributed by atoms with E-state index < -0.39 is 6.10 Å². The van der Waals surface area contributed by atoms with Gasteiger partial charge in [0.1, 0.15) is 18.5 Å². The summed E-state index contributed by atoms with van der Waals surface area (Å²) in [5, 5.41) is 9.12. The molecule has 1 aromatic carbocycles. The van der Waals surface area contributed by atoms with E-state index in [1.807, 2.05) is 31.2 Å². The smallest absolute Gasteiger partial charge is 0.119 e. The zero-order valence-electron chi connectivity index (χ0n) is 7.73. The fourth-order valence-electron chi connectivity index (χ4n) is 0.895. The second kappa shape index (κ2) is 4.84. The van der Waals surface area contributed by atoms with Crippen LogP contribution in [0.2, 0.25) is 0 Å². The number of aryl methyl sites for hydroxylation is 1. The first-order chi connectivity index (χ1) is 6.22. The van der Waals surface area contributed by atoms with Gasteiger partial charge in [-0.2, -0.15) is 0 Å². The van der Waals surface area contributed by atoms with E-state index in [0.29, 0.717) is 0 Å². The van der Waals surface area contributed by atoms with Crippen molar-refractivity contribution in [1.29, 1.82) is 0 Å². The molecule has 0 amide bonds. The fourth-order valence-corrected chi connectivity index (χ4v) is 0.895. The summed E-state index contributed by atoms with van der Waals surface area (Å²) in [6.45, 7) is 2.49. The van der Waals surface area contributed by atoms with Crippen LogP contribution in [-0.2, 0) is 0 Å². The summed E-state index contributed by atoms with van der Waals surface area (Å²) in [7, 11) is 0. The molecule has 72 valence electrons. The third kappa shape index (κ3) is 3.44. The van der Waals surface area contributed by atoms with E-state index in [1.54, 1.807) is 0 Å². The van der Waals surface area contributed by atoms with Gasteiger partial charge in [0.15, 0.2) is 0 Å². The number of benzene rings is 1. The Hall–Kier alpha value is -1.06. The third-order valence-corrected chi connectivity index (χ3v) is 1.74. The van der Waals surface area contributed by atoms with Gasteiger partial charge in [-0.25, -0.2) is 0 Å². The first-order valence-electron chi connectivity index (χ1n) is 4.30. The van der Waals surface area contributed by atoms with Crippen molar-refractivity contribution in [2.24, 2.45) is 5.73 Å². The topological polar surface area (TPSA) is 55.5 Å². The normalized spacial score (nSPS) is 12.5. The SMILES string of the molecule is Cc1ccc(OCC(O)CN)cc1. The minimum Gasteiger partial charge on any atom is -0.491 e. The molecular formula is C10H15NO2.